The van der Waals surface area contributed by atoms with Crippen LogP contribution in [0.25, 0.3) is 11.1 Å². The standard InChI is InChI=1S/C34H45N7O3/c1-25(24-37(2)3)38-17-19-39(20-18-38)28-7-5-26(6-8-28)32(42)40-14-11-34(12-15-40)13-16-41(33(34)43)29-9-10-30(31(21-29)44-4)27-22-35-36-23-27/h5-10,21-23,25H,11-20,24H2,1-4H3,(H,35,36). The number of hydrogen-bond donors (Lipinski definition) is 1. The minimum absolute atomic E-state index is 0.0515. The summed E-state index contributed by atoms with van der Waals surface area (Å²) in [5.41, 5.74) is 4.19. The summed E-state index contributed by atoms with van der Waals surface area (Å²) >= 11 is 0. The van der Waals surface area contributed by atoms with Crippen LogP contribution in [0.4, 0.5) is 11.4 Å². The number of H-pyrrole nitrogens is 1. The summed E-state index contributed by atoms with van der Waals surface area (Å²) in [4.78, 5) is 38.3. The molecule has 10 nitrogen and oxygen atoms in total. The smallest absolute Gasteiger partial charge is 0.253 e. The molecule has 10 heteroatoms. The summed E-state index contributed by atoms with van der Waals surface area (Å²) in [6.07, 6.45) is 5.76. The highest BCUT2D eigenvalue weighted by Gasteiger charge is 2.49. The van der Waals surface area contributed by atoms with E-state index in [2.05, 4.69) is 58.0 Å². The van der Waals surface area contributed by atoms with E-state index in [1.54, 1.807) is 13.3 Å². The number of carbonyl (C=O) groups excluding carboxylic acids is 2. The lowest BCUT2D eigenvalue weighted by molar-refractivity contribution is -0.127. The lowest BCUT2D eigenvalue weighted by Crippen LogP contribution is -2.51. The number of nitrogens with zero attached hydrogens (tertiary/aromatic N) is 6. The van der Waals surface area contributed by atoms with Crippen molar-refractivity contribution in [1.82, 2.24) is 24.9 Å². The van der Waals surface area contributed by atoms with Crippen molar-refractivity contribution in [2.75, 3.05) is 83.4 Å². The Kier molecular flexibility index (Phi) is 8.64. The Bertz CT molecular complexity index is 1440. The number of anilines is 2. The summed E-state index contributed by atoms with van der Waals surface area (Å²) in [6.45, 7) is 9.31. The number of carbonyl (C=O) groups is 2. The van der Waals surface area contributed by atoms with E-state index >= 15 is 0 Å². The molecule has 1 unspecified atom stereocenters. The number of nitrogens with one attached hydrogen (secondary N) is 1. The van der Waals surface area contributed by atoms with Crippen molar-refractivity contribution in [2.45, 2.75) is 32.2 Å². The average molecular weight is 600 g/mol. The normalized spacial score (nSPS) is 19.7. The van der Waals surface area contributed by atoms with Crippen LogP contribution in [-0.2, 0) is 4.79 Å². The molecule has 2 aromatic carbocycles. The van der Waals surface area contributed by atoms with Gasteiger partial charge in [0.05, 0.1) is 18.7 Å². The van der Waals surface area contributed by atoms with Crippen molar-refractivity contribution < 1.29 is 14.3 Å². The molecule has 1 N–H and O–H groups in total. The van der Waals surface area contributed by atoms with E-state index in [0.29, 0.717) is 49.8 Å². The van der Waals surface area contributed by atoms with E-state index in [1.165, 1.54) is 5.69 Å². The van der Waals surface area contributed by atoms with Gasteiger partial charge in [-0.3, -0.25) is 19.6 Å². The molecule has 3 saturated heterocycles. The number of aromatic amines is 1. The number of rotatable bonds is 8. The summed E-state index contributed by atoms with van der Waals surface area (Å²) < 4.78 is 5.66. The molecule has 3 fully saturated rings. The number of ether oxygens (including phenoxy) is 1. The second-order valence-electron chi connectivity index (χ2n) is 12.8. The first-order valence-corrected chi connectivity index (χ1v) is 15.8. The Morgan fingerprint density at radius 1 is 0.977 bits per heavy atom. The molecule has 4 heterocycles. The fraction of sp³-hybridized carbons (Fsp3) is 0.500. The Balaban J connectivity index is 1.04. The number of amides is 2. The molecular formula is C34H45N7O3. The first-order chi connectivity index (χ1) is 21.3. The van der Waals surface area contributed by atoms with Crippen molar-refractivity contribution >= 4 is 23.2 Å². The lowest BCUT2D eigenvalue weighted by atomic mass is 9.77. The zero-order chi connectivity index (χ0) is 30.8. The zero-order valence-electron chi connectivity index (χ0n) is 26.5. The second-order valence-corrected chi connectivity index (χ2v) is 12.8. The molecule has 6 rings (SSSR count). The van der Waals surface area contributed by atoms with Gasteiger partial charge in [-0.25, -0.2) is 0 Å². The van der Waals surface area contributed by atoms with Gasteiger partial charge in [0.1, 0.15) is 5.75 Å². The van der Waals surface area contributed by atoms with Crippen molar-refractivity contribution in [3.8, 4) is 16.9 Å². The number of piperazine rings is 1. The fourth-order valence-electron chi connectivity index (χ4n) is 7.22. The van der Waals surface area contributed by atoms with Crippen molar-refractivity contribution in [3.05, 3.63) is 60.4 Å². The molecule has 3 aliphatic rings. The average Bonchev–Trinajstić information content (AvgIpc) is 3.69. The molecule has 0 radical (unpaired) electrons. The first kappa shape index (κ1) is 30.1. The highest BCUT2D eigenvalue weighted by atomic mass is 16.5. The van der Waals surface area contributed by atoms with Crippen LogP contribution in [-0.4, -0.2) is 116 Å². The van der Waals surface area contributed by atoms with Crippen molar-refractivity contribution in [3.63, 3.8) is 0 Å². The van der Waals surface area contributed by atoms with E-state index in [-0.39, 0.29) is 11.8 Å². The first-order valence-electron chi connectivity index (χ1n) is 15.8. The van der Waals surface area contributed by atoms with Gasteiger partial charge in [0.2, 0.25) is 5.91 Å². The highest BCUT2D eigenvalue weighted by Crippen LogP contribution is 2.44. The largest absolute Gasteiger partial charge is 0.496 e. The molecule has 0 aliphatic carbocycles. The number of likely N-dealkylation sites (N-methyl/N-ethyl adjacent to an activating group) is 1. The Morgan fingerprint density at radius 2 is 1.66 bits per heavy atom. The molecule has 1 spiro atoms. The maximum Gasteiger partial charge on any atom is 0.253 e. The summed E-state index contributed by atoms with van der Waals surface area (Å²) in [7, 11) is 5.90. The molecule has 1 aromatic heterocycles. The van der Waals surface area contributed by atoms with Crippen LogP contribution in [0, 0.1) is 5.41 Å². The van der Waals surface area contributed by atoms with Crippen LogP contribution >= 0.6 is 0 Å². The topological polar surface area (TPSA) is 88.2 Å². The molecular weight excluding hydrogens is 554 g/mol. The van der Waals surface area contributed by atoms with Crippen LogP contribution in [0.3, 0.4) is 0 Å². The third-order valence-corrected chi connectivity index (χ3v) is 9.87. The van der Waals surface area contributed by atoms with E-state index in [0.717, 1.165) is 56.0 Å². The summed E-state index contributed by atoms with van der Waals surface area (Å²) in [5, 5.41) is 6.88. The van der Waals surface area contributed by atoms with E-state index < -0.39 is 5.41 Å². The SMILES string of the molecule is COc1cc(N2CCC3(CCN(C(=O)c4ccc(N5CCN(C(C)CN(C)C)CC5)cc4)CC3)C2=O)ccc1-c1cn[nH]c1. The number of aromatic nitrogens is 2. The molecule has 0 saturated carbocycles. The summed E-state index contributed by atoms with van der Waals surface area (Å²) in [5.74, 6) is 0.917. The van der Waals surface area contributed by atoms with Gasteiger partial charge in [-0.2, -0.15) is 5.10 Å². The number of likely N-dealkylation sites (tertiary alicyclic amines) is 1. The quantitative estimate of drug-likeness (QED) is 0.421. The molecule has 2 amide bonds. The molecule has 1 atom stereocenters. The van der Waals surface area contributed by atoms with Crippen molar-refractivity contribution in [1.29, 1.82) is 0 Å². The van der Waals surface area contributed by atoms with Gasteiger partial charge in [-0.05, 0) is 76.7 Å². The minimum Gasteiger partial charge on any atom is -0.496 e. The number of hydrogen-bond acceptors (Lipinski definition) is 7. The molecule has 3 aliphatic heterocycles. The Labute approximate surface area is 260 Å². The number of methoxy groups -OCH3 is 1. The van der Waals surface area contributed by atoms with E-state index in [9.17, 15) is 9.59 Å². The van der Waals surface area contributed by atoms with Gasteiger partial charge >= 0.3 is 0 Å². The summed E-state index contributed by atoms with van der Waals surface area (Å²) in [6, 6.07) is 14.5. The van der Waals surface area contributed by atoms with Gasteiger partial charge in [0, 0.05) is 98.7 Å². The molecule has 3 aromatic rings. The Morgan fingerprint density at radius 3 is 2.30 bits per heavy atom. The predicted octanol–water partition coefficient (Wildman–Crippen LogP) is 3.82. The highest BCUT2D eigenvalue weighted by molar-refractivity contribution is 6.01. The third-order valence-electron chi connectivity index (χ3n) is 9.87. The predicted molar refractivity (Wildman–Crippen MR) is 173 cm³/mol. The fourth-order valence-corrected chi connectivity index (χ4v) is 7.22. The zero-order valence-corrected chi connectivity index (χ0v) is 26.5. The molecule has 234 valence electrons. The van der Waals surface area contributed by atoms with Gasteiger partial charge in [0.15, 0.2) is 0 Å². The second kappa shape index (κ2) is 12.6. The van der Waals surface area contributed by atoms with E-state index in [1.807, 2.05) is 46.3 Å². The van der Waals surface area contributed by atoms with Gasteiger partial charge < -0.3 is 24.3 Å². The molecule has 0 bridgehead atoms. The van der Waals surface area contributed by atoms with Crippen LogP contribution in [0.2, 0.25) is 0 Å². The van der Waals surface area contributed by atoms with Gasteiger partial charge in [0.25, 0.3) is 5.91 Å². The van der Waals surface area contributed by atoms with Crippen LogP contribution in [0.15, 0.2) is 54.9 Å². The lowest BCUT2D eigenvalue weighted by Gasteiger charge is -2.40. The van der Waals surface area contributed by atoms with Crippen LogP contribution in [0.5, 0.6) is 5.75 Å². The van der Waals surface area contributed by atoms with Crippen LogP contribution < -0.4 is 14.5 Å². The maximum absolute atomic E-state index is 13.8. The number of benzene rings is 2. The maximum atomic E-state index is 13.8. The Hall–Kier alpha value is -3.89. The van der Waals surface area contributed by atoms with Gasteiger partial charge in [-0.15, -0.1) is 0 Å². The number of piperidine rings is 1. The van der Waals surface area contributed by atoms with Gasteiger partial charge in [-0.1, -0.05) is 0 Å². The molecule has 44 heavy (non-hydrogen) atoms. The minimum atomic E-state index is -0.413. The monoisotopic (exact) mass is 599 g/mol. The van der Waals surface area contributed by atoms with Crippen molar-refractivity contribution in [2.24, 2.45) is 5.41 Å². The van der Waals surface area contributed by atoms with E-state index in [4.69, 9.17) is 4.74 Å². The van der Waals surface area contributed by atoms with Crippen LogP contribution in [0.1, 0.15) is 36.5 Å². The third kappa shape index (κ3) is 5.93.